The molecular formula is C21H22N2O6. The van der Waals surface area contributed by atoms with Gasteiger partial charge in [-0.2, -0.15) is 0 Å². The Kier molecular flexibility index (Phi) is 5.16. The summed E-state index contributed by atoms with van der Waals surface area (Å²) in [6.07, 6.45) is 0. The van der Waals surface area contributed by atoms with Gasteiger partial charge in [-0.1, -0.05) is 19.9 Å². The molecule has 0 aliphatic carbocycles. The molecule has 0 saturated carbocycles. The van der Waals surface area contributed by atoms with Gasteiger partial charge < -0.3 is 29.6 Å². The molecule has 2 N–H and O–H groups in total. The zero-order valence-corrected chi connectivity index (χ0v) is 16.2. The second kappa shape index (κ2) is 7.90. The maximum Gasteiger partial charge on any atom is 0.252 e. The second-order valence-corrected chi connectivity index (χ2v) is 7.17. The Labute approximate surface area is 168 Å². The van der Waals surface area contributed by atoms with Gasteiger partial charge in [-0.05, 0) is 41.8 Å². The van der Waals surface area contributed by atoms with Gasteiger partial charge in [0.05, 0.1) is 0 Å². The molecule has 4 rings (SSSR count). The van der Waals surface area contributed by atoms with Crippen molar-refractivity contribution in [1.82, 2.24) is 10.6 Å². The van der Waals surface area contributed by atoms with Gasteiger partial charge in [0.25, 0.3) is 5.91 Å². The minimum Gasteiger partial charge on any atom is -0.454 e. The normalized spacial score (nSPS) is 14.6. The van der Waals surface area contributed by atoms with E-state index in [0.29, 0.717) is 35.1 Å². The molecule has 0 aromatic heterocycles. The Hall–Kier alpha value is -3.42. The first kappa shape index (κ1) is 18.9. The van der Waals surface area contributed by atoms with E-state index < -0.39 is 6.04 Å². The Morgan fingerprint density at radius 3 is 2.21 bits per heavy atom. The molecule has 0 unspecified atom stereocenters. The van der Waals surface area contributed by atoms with Crippen molar-refractivity contribution in [1.29, 1.82) is 0 Å². The van der Waals surface area contributed by atoms with Crippen LogP contribution in [0.15, 0.2) is 36.4 Å². The van der Waals surface area contributed by atoms with Crippen LogP contribution in [0, 0.1) is 5.92 Å². The van der Waals surface area contributed by atoms with Crippen LogP contribution >= 0.6 is 0 Å². The summed E-state index contributed by atoms with van der Waals surface area (Å²) < 4.78 is 21.2. The molecule has 2 aromatic carbocycles. The predicted molar refractivity (Wildman–Crippen MR) is 103 cm³/mol. The van der Waals surface area contributed by atoms with E-state index in [1.165, 1.54) is 0 Å². The number of carbonyl (C=O) groups excluding carboxylic acids is 2. The van der Waals surface area contributed by atoms with Gasteiger partial charge in [-0.3, -0.25) is 9.59 Å². The van der Waals surface area contributed by atoms with Gasteiger partial charge in [-0.25, -0.2) is 0 Å². The Bertz CT molecular complexity index is 943. The number of rotatable bonds is 6. The molecule has 29 heavy (non-hydrogen) atoms. The fourth-order valence-corrected chi connectivity index (χ4v) is 3.15. The average Bonchev–Trinajstić information content (AvgIpc) is 3.37. The number of fused-ring (bicyclic) bond motifs is 2. The topological polar surface area (TPSA) is 95.1 Å². The van der Waals surface area contributed by atoms with Crippen molar-refractivity contribution in [2.45, 2.75) is 26.4 Å². The monoisotopic (exact) mass is 398 g/mol. The molecule has 2 aliphatic rings. The molecule has 2 aliphatic heterocycles. The van der Waals surface area contributed by atoms with Gasteiger partial charge in [0.15, 0.2) is 23.0 Å². The van der Waals surface area contributed by atoms with Crippen molar-refractivity contribution < 1.29 is 28.5 Å². The zero-order valence-electron chi connectivity index (χ0n) is 16.2. The quantitative estimate of drug-likeness (QED) is 0.775. The third-order valence-electron chi connectivity index (χ3n) is 4.77. The fraction of sp³-hybridized carbons (Fsp3) is 0.333. The molecule has 0 spiro atoms. The van der Waals surface area contributed by atoms with Crippen LogP contribution in [0.3, 0.4) is 0 Å². The first-order valence-electron chi connectivity index (χ1n) is 9.38. The number of benzene rings is 2. The number of amides is 2. The largest absolute Gasteiger partial charge is 0.454 e. The summed E-state index contributed by atoms with van der Waals surface area (Å²) in [4.78, 5) is 25.4. The molecule has 152 valence electrons. The second-order valence-electron chi connectivity index (χ2n) is 7.17. The van der Waals surface area contributed by atoms with E-state index in [9.17, 15) is 9.59 Å². The van der Waals surface area contributed by atoms with Crippen LogP contribution in [0.5, 0.6) is 23.0 Å². The van der Waals surface area contributed by atoms with Gasteiger partial charge in [0, 0.05) is 12.1 Å². The lowest BCUT2D eigenvalue weighted by atomic mass is 10.0. The zero-order chi connectivity index (χ0) is 20.4. The minimum atomic E-state index is -0.679. The van der Waals surface area contributed by atoms with Crippen LogP contribution < -0.4 is 29.6 Å². The molecule has 0 fully saturated rings. The lowest BCUT2D eigenvalue weighted by Crippen LogP contribution is -2.49. The SMILES string of the molecule is CC(C)[C@@H](NC(=O)c1ccc2c(c1)OCO2)C(=O)NCc1ccc2c(c1)OCO2. The highest BCUT2D eigenvalue weighted by Gasteiger charge is 2.25. The smallest absolute Gasteiger partial charge is 0.252 e. The molecule has 8 heteroatoms. The minimum absolute atomic E-state index is 0.0929. The first-order valence-corrected chi connectivity index (χ1v) is 9.38. The number of carbonyl (C=O) groups is 2. The maximum atomic E-state index is 12.7. The van der Waals surface area contributed by atoms with Crippen molar-refractivity contribution >= 4 is 11.8 Å². The average molecular weight is 398 g/mol. The van der Waals surface area contributed by atoms with Crippen LogP contribution in [0.2, 0.25) is 0 Å². The van der Waals surface area contributed by atoms with E-state index in [-0.39, 0.29) is 31.3 Å². The van der Waals surface area contributed by atoms with Crippen molar-refractivity contribution in [2.24, 2.45) is 5.92 Å². The van der Waals surface area contributed by atoms with E-state index in [1.807, 2.05) is 32.0 Å². The van der Waals surface area contributed by atoms with E-state index in [2.05, 4.69) is 10.6 Å². The fourth-order valence-electron chi connectivity index (χ4n) is 3.15. The van der Waals surface area contributed by atoms with E-state index in [0.717, 1.165) is 5.56 Å². The van der Waals surface area contributed by atoms with E-state index in [4.69, 9.17) is 18.9 Å². The molecule has 2 aromatic rings. The highest BCUT2D eigenvalue weighted by molar-refractivity contribution is 5.98. The third kappa shape index (κ3) is 4.06. The lowest BCUT2D eigenvalue weighted by Gasteiger charge is -2.22. The molecule has 8 nitrogen and oxygen atoms in total. The van der Waals surface area contributed by atoms with Crippen molar-refractivity contribution in [3.05, 3.63) is 47.5 Å². The summed E-state index contributed by atoms with van der Waals surface area (Å²) in [5.74, 6) is 1.77. The summed E-state index contributed by atoms with van der Waals surface area (Å²) in [5, 5.41) is 5.68. The molecule has 0 saturated heterocycles. The predicted octanol–water partition coefficient (Wildman–Crippen LogP) is 2.21. The summed E-state index contributed by atoms with van der Waals surface area (Å²) in [7, 11) is 0. The molecule has 0 radical (unpaired) electrons. The van der Waals surface area contributed by atoms with Gasteiger partial charge >= 0.3 is 0 Å². The summed E-state index contributed by atoms with van der Waals surface area (Å²) in [6.45, 7) is 4.41. The van der Waals surface area contributed by atoms with E-state index in [1.54, 1.807) is 18.2 Å². The Balaban J connectivity index is 1.39. The first-order chi connectivity index (χ1) is 14.0. The molecular weight excluding hydrogens is 376 g/mol. The molecule has 0 bridgehead atoms. The van der Waals surface area contributed by atoms with Gasteiger partial charge in [-0.15, -0.1) is 0 Å². The third-order valence-corrected chi connectivity index (χ3v) is 4.77. The van der Waals surface area contributed by atoms with Crippen LogP contribution in [0.25, 0.3) is 0 Å². The summed E-state index contributed by atoms with van der Waals surface area (Å²) in [6, 6.07) is 9.76. The Morgan fingerprint density at radius 1 is 0.897 bits per heavy atom. The number of nitrogens with one attached hydrogen (secondary N) is 2. The number of hydrogen-bond acceptors (Lipinski definition) is 6. The van der Waals surface area contributed by atoms with Gasteiger partial charge in [0.2, 0.25) is 19.5 Å². The molecule has 1 atom stereocenters. The van der Waals surface area contributed by atoms with Crippen molar-refractivity contribution in [3.8, 4) is 23.0 Å². The van der Waals surface area contributed by atoms with E-state index >= 15 is 0 Å². The maximum absolute atomic E-state index is 12.7. The molecule has 2 heterocycles. The summed E-state index contributed by atoms with van der Waals surface area (Å²) in [5.41, 5.74) is 1.29. The van der Waals surface area contributed by atoms with Crippen LogP contribution in [-0.2, 0) is 11.3 Å². The summed E-state index contributed by atoms with van der Waals surface area (Å²) >= 11 is 0. The van der Waals surface area contributed by atoms with Crippen LogP contribution in [0.1, 0.15) is 29.8 Å². The Morgan fingerprint density at radius 2 is 1.52 bits per heavy atom. The van der Waals surface area contributed by atoms with Crippen molar-refractivity contribution in [2.75, 3.05) is 13.6 Å². The van der Waals surface area contributed by atoms with Crippen molar-refractivity contribution in [3.63, 3.8) is 0 Å². The number of ether oxygens (including phenoxy) is 4. The highest BCUT2D eigenvalue weighted by atomic mass is 16.7. The van der Waals surface area contributed by atoms with Gasteiger partial charge in [0.1, 0.15) is 6.04 Å². The lowest BCUT2D eigenvalue weighted by molar-refractivity contribution is -0.124. The highest BCUT2D eigenvalue weighted by Crippen LogP contribution is 2.33. The molecule has 2 amide bonds. The van der Waals surface area contributed by atoms with Crippen LogP contribution in [-0.4, -0.2) is 31.4 Å². The standard InChI is InChI=1S/C21H22N2O6/c1-12(2)19(23-20(24)14-4-6-16-18(8-14)29-11-27-16)21(25)22-9-13-3-5-15-17(7-13)28-10-26-15/h3-8,12,19H,9-11H2,1-2H3,(H,22,25)(H,23,24)/t19-/m1/s1. The number of hydrogen-bond donors (Lipinski definition) is 2. The van der Waals surface area contributed by atoms with Crippen LogP contribution in [0.4, 0.5) is 0 Å².